The topological polar surface area (TPSA) is 66.9 Å². The van der Waals surface area contributed by atoms with Gasteiger partial charge in [-0.15, -0.1) is 0 Å². The number of methoxy groups -OCH3 is 1. The summed E-state index contributed by atoms with van der Waals surface area (Å²) in [6.07, 6.45) is 4.97. The molecule has 0 N–H and O–H groups in total. The van der Waals surface area contributed by atoms with Crippen LogP contribution in [0, 0.1) is 11.8 Å². The number of hydrogen-bond acceptors (Lipinski definition) is 4. The Morgan fingerprint density at radius 3 is 2.39 bits per heavy atom. The van der Waals surface area contributed by atoms with Gasteiger partial charge in [-0.3, -0.25) is 19.3 Å². The maximum Gasteiger partial charge on any atom is 0.261 e. The van der Waals surface area contributed by atoms with Crippen LogP contribution in [0.3, 0.4) is 0 Å². The Labute approximate surface area is 194 Å². The van der Waals surface area contributed by atoms with E-state index in [-0.39, 0.29) is 36.2 Å². The number of fused-ring (bicyclic) bond motifs is 2. The molecule has 2 aromatic rings. The Hall–Kier alpha value is -3.15. The lowest BCUT2D eigenvalue weighted by atomic mass is 9.78. The monoisotopic (exact) mass is 446 g/mol. The molecule has 3 aliphatic rings. The molecule has 3 amide bonds. The van der Waals surface area contributed by atoms with E-state index in [0.717, 1.165) is 36.8 Å². The van der Waals surface area contributed by atoms with Gasteiger partial charge in [0.25, 0.3) is 11.8 Å². The zero-order chi connectivity index (χ0) is 23.1. The summed E-state index contributed by atoms with van der Waals surface area (Å²) in [5.74, 6) is 0.625. The van der Waals surface area contributed by atoms with Crippen molar-refractivity contribution in [2.75, 3.05) is 20.2 Å². The molecule has 2 heterocycles. The van der Waals surface area contributed by atoms with Crippen LogP contribution in [0.15, 0.2) is 42.5 Å². The third-order valence-electron chi connectivity index (χ3n) is 7.66. The van der Waals surface area contributed by atoms with E-state index in [1.807, 2.05) is 23.1 Å². The molecule has 0 radical (unpaired) electrons. The third-order valence-corrected chi connectivity index (χ3v) is 7.66. The predicted octanol–water partition coefficient (Wildman–Crippen LogP) is 4.24. The van der Waals surface area contributed by atoms with Crippen molar-refractivity contribution in [1.82, 2.24) is 9.80 Å². The second kappa shape index (κ2) is 8.65. The average molecular weight is 447 g/mol. The molecule has 5 rings (SSSR count). The summed E-state index contributed by atoms with van der Waals surface area (Å²) >= 11 is 0. The molecule has 0 aromatic heterocycles. The zero-order valence-electron chi connectivity index (χ0n) is 19.3. The Morgan fingerprint density at radius 2 is 1.73 bits per heavy atom. The van der Waals surface area contributed by atoms with Gasteiger partial charge in [0.2, 0.25) is 5.91 Å². The fourth-order valence-electron chi connectivity index (χ4n) is 5.74. The quantitative estimate of drug-likeness (QED) is 0.659. The molecule has 1 fully saturated rings. The minimum Gasteiger partial charge on any atom is -0.497 e. The lowest BCUT2D eigenvalue weighted by molar-refractivity contribution is -0.141. The predicted molar refractivity (Wildman–Crippen MR) is 124 cm³/mol. The smallest absolute Gasteiger partial charge is 0.261 e. The largest absolute Gasteiger partial charge is 0.497 e. The van der Waals surface area contributed by atoms with Crippen LogP contribution in [-0.2, 0) is 11.2 Å². The normalized spacial score (nSPS) is 24.5. The molecule has 6 heteroatoms. The van der Waals surface area contributed by atoms with Gasteiger partial charge in [-0.1, -0.05) is 38.0 Å². The highest BCUT2D eigenvalue weighted by Crippen LogP contribution is 2.39. The van der Waals surface area contributed by atoms with Crippen molar-refractivity contribution in [2.45, 2.75) is 45.1 Å². The molecular formula is C27H30N2O4. The van der Waals surface area contributed by atoms with Crippen molar-refractivity contribution in [3.63, 3.8) is 0 Å². The number of nitrogens with zero attached hydrogens (tertiary/aromatic N) is 2. The minimum absolute atomic E-state index is 0.00409. The highest BCUT2D eigenvalue weighted by Gasteiger charge is 2.42. The molecule has 172 valence electrons. The number of carbonyl (C=O) groups excluding carboxylic acids is 3. The van der Waals surface area contributed by atoms with Gasteiger partial charge in [-0.2, -0.15) is 0 Å². The fraction of sp³-hybridized carbons (Fsp3) is 0.444. The number of rotatable bonds is 4. The van der Waals surface area contributed by atoms with Crippen molar-refractivity contribution in [2.24, 2.45) is 11.8 Å². The molecule has 2 aliphatic heterocycles. The van der Waals surface area contributed by atoms with Crippen molar-refractivity contribution >= 4 is 17.7 Å². The number of hydrogen-bond donors (Lipinski definition) is 0. The molecule has 0 bridgehead atoms. The second-order valence-corrected chi connectivity index (χ2v) is 9.50. The molecule has 0 spiro atoms. The SMILES string of the molecule is COc1ccc2c(c1)C(CN1C(=O)c3ccccc3C1=O)N(C(=O)[C@@H]1CCCCC1C)CC2. The van der Waals surface area contributed by atoms with Crippen LogP contribution in [0.5, 0.6) is 5.75 Å². The van der Waals surface area contributed by atoms with Crippen LogP contribution in [0.4, 0.5) is 0 Å². The van der Waals surface area contributed by atoms with Crippen LogP contribution >= 0.6 is 0 Å². The Bertz CT molecular complexity index is 1080. The Balaban J connectivity index is 1.51. The van der Waals surface area contributed by atoms with Crippen LogP contribution in [0.25, 0.3) is 0 Å². The Kier molecular flexibility index (Phi) is 5.69. The highest BCUT2D eigenvalue weighted by molar-refractivity contribution is 6.21. The van der Waals surface area contributed by atoms with Crippen LogP contribution < -0.4 is 4.74 Å². The molecule has 1 aliphatic carbocycles. The van der Waals surface area contributed by atoms with Gasteiger partial charge in [0.05, 0.1) is 30.8 Å². The summed E-state index contributed by atoms with van der Waals surface area (Å²) in [5, 5.41) is 0. The minimum atomic E-state index is -0.382. The van der Waals surface area contributed by atoms with Gasteiger partial charge in [0.1, 0.15) is 5.75 Å². The van der Waals surface area contributed by atoms with E-state index in [9.17, 15) is 14.4 Å². The van der Waals surface area contributed by atoms with Gasteiger partial charge in [-0.05, 0) is 60.6 Å². The summed E-state index contributed by atoms with van der Waals surface area (Å²) in [4.78, 5) is 43.3. The third kappa shape index (κ3) is 3.71. The number of carbonyl (C=O) groups is 3. The van der Waals surface area contributed by atoms with E-state index in [1.165, 1.54) is 11.3 Å². The first kappa shape index (κ1) is 21.7. The maximum absolute atomic E-state index is 13.8. The first-order chi connectivity index (χ1) is 16.0. The van der Waals surface area contributed by atoms with Gasteiger partial charge in [-0.25, -0.2) is 0 Å². The standard InChI is InChI=1S/C27H30N2O4/c1-17-7-3-4-8-20(17)25(30)28-14-13-18-11-12-19(33-2)15-23(18)24(28)16-29-26(31)21-9-5-6-10-22(21)27(29)32/h5-6,9-12,15,17,20,24H,3-4,7-8,13-14,16H2,1-2H3/t17?,20-,24?/m1/s1. The van der Waals surface area contributed by atoms with Gasteiger partial charge in [0, 0.05) is 12.5 Å². The Morgan fingerprint density at radius 1 is 1.03 bits per heavy atom. The van der Waals surface area contributed by atoms with E-state index in [2.05, 4.69) is 6.92 Å². The molecule has 1 saturated carbocycles. The lowest BCUT2D eigenvalue weighted by Gasteiger charge is -2.42. The lowest BCUT2D eigenvalue weighted by Crippen LogP contribution is -2.49. The van der Waals surface area contributed by atoms with E-state index in [0.29, 0.717) is 29.3 Å². The average Bonchev–Trinajstić information content (AvgIpc) is 3.08. The number of benzene rings is 2. The first-order valence-electron chi connectivity index (χ1n) is 11.9. The summed E-state index contributed by atoms with van der Waals surface area (Å²) in [6.45, 7) is 2.91. The van der Waals surface area contributed by atoms with Crippen molar-refractivity contribution in [3.8, 4) is 5.75 Å². The van der Waals surface area contributed by atoms with E-state index in [1.54, 1.807) is 31.4 Å². The van der Waals surface area contributed by atoms with Gasteiger partial charge in [0.15, 0.2) is 0 Å². The van der Waals surface area contributed by atoms with Gasteiger partial charge < -0.3 is 9.64 Å². The van der Waals surface area contributed by atoms with E-state index < -0.39 is 0 Å². The fourth-order valence-corrected chi connectivity index (χ4v) is 5.74. The summed E-state index contributed by atoms with van der Waals surface area (Å²) in [7, 11) is 1.62. The summed E-state index contributed by atoms with van der Waals surface area (Å²) < 4.78 is 5.47. The molecule has 33 heavy (non-hydrogen) atoms. The molecule has 6 nitrogen and oxygen atoms in total. The summed E-state index contributed by atoms with van der Waals surface area (Å²) in [6, 6.07) is 12.5. The number of amides is 3. The molecule has 2 unspecified atom stereocenters. The second-order valence-electron chi connectivity index (χ2n) is 9.50. The molecule has 3 atom stereocenters. The van der Waals surface area contributed by atoms with Crippen molar-refractivity contribution < 1.29 is 19.1 Å². The van der Waals surface area contributed by atoms with E-state index in [4.69, 9.17) is 4.74 Å². The molecule has 0 saturated heterocycles. The van der Waals surface area contributed by atoms with Crippen molar-refractivity contribution in [1.29, 1.82) is 0 Å². The van der Waals surface area contributed by atoms with E-state index >= 15 is 0 Å². The zero-order valence-corrected chi connectivity index (χ0v) is 19.3. The van der Waals surface area contributed by atoms with Crippen LogP contribution in [-0.4, -0.2) is 47.7 Å². The van der Waals surface area contributed by atoms with Gasteiger partial charge >= 0.3 is 0 Å². The molecule has 2 aromatic carbocycles. The number of ether oxygens (including phenoxy) is 1. The van der Waals surface area contributed by atoms with Crippen LogP contribution in [0.2, 0.25) is 0 Å². The van der Waals surface area contributed by atoms with Crippen LogP contribution in [0.1, 0.15) is 70.5 Å². The summed E-state index contributed by atoms with van der Waals surface area (Å²) in [5.41, 5.74) is 2.97. The molecular weight excluding hydrogens is 416 g/mol. The first-order valence-corrected chi connectivity index (χ1v) is 11.9. The maximum atomic E-state index is 13.8. The van der Waals surface area contributed by atoms with Crippen molar-refractivity contribution in [3.05, 3.63) is 64.7 Å². The number of imide groups is 1. The highest BCUT2D eigenvalue weighted by atomic mass is 16.5.